The molecule has 1 fully saturated rings. The van der Waals surface area contributed by atoms with E-state index >= 15 is 0 Å². The molecule has 116 valence electrons. The maximum atomic E-state index is 11.8. The second kappa shape index (κ2) is 7.59. The van der Waals surface area contributed by atoms with Crippen LogP contribution in [0.4, 0.5) is 0 Å². The van der Waals surface area contributed by atoms with Gasteiger partial charge < -0.3 is 19.9 Å². The van der Waals surface area contributed by atoms with Crippen molar-refractivity contribution in [1.29, 1.82) is 0 Å². The van der Waals surface area contributed by atoms with Crippen molar-refractivity contribution in [3.8, 4) is 0 Å². The molecular formula is C14H25NO5. The molecule has 0 aromatic carbocycles. The Morgan fingerprint density at radius 3 is 2.65 bits per heavy atom. The molecule has 6 heteroatoms. The normalized spacial score (nSPS) is 20.6. The van der Waals surface area contributed by atoms with Crippen molar-refractivity contribution in [1.82, 2.24) is 5.32 Å². The van der Waals surface area contributed by atoms with E-state index in [1.807, 2.05) is 20.8 Å². The lowest BCUT2D eigenvalue weighted by Crippen LogP contribution is -2.43. The largest absolute Gasteiger partial charge is 0.480 e. The average Bonchev–Trinajstić information content (AvgIpc) is 2.78. The summed E-state index contributed by atoms with van der Waals surface area (Å²) in [5, 5.41) is 11.6. The van der Waals surface area contributed by atoms with Crippen molar-refractivity contribution in [2.75, 3.05) is 13.2 Å². The molecule has 0 radical (unpaired) electrons. The number of hydrogen-bond donors (Lipinski definition) is 2. The van der Waals surface area contributed by atoms with E-state index in [2.05, 4.69) is 5.32 Å². The van der Waals surface area contributed by atoms with Crippen molar-refractivity contribution in [3.63, 3.8) is 0 Å². The highest BCUT2D eigenvalue weighted by atomic mass is 16.5. The Bertz CT molecular complexity index is 331. The Hall–Kier alpha value is -1.14. The van der Waals surface area contributed by atoms with Crippen molar-refractivity contribution in [2.45, 2.75) is 64.2 Å². The van der Waals surface area contributed by atoms with Gasteiger partial charge in [-0.05, 0) is 33.6 Å². The molecule has 1 aliphatic rings. The molecule has 20 heavy (non-hydrogen) atoms. The maximum absolute atomic E-state index is 11.8. The number of amides is 1. The maximum Gasteiger partial charge on any atom is 0.326 e. The summed E-state index contributed by atoms with van der Waals surface area (Å²) in [6.45, 7) is 6.68. The van der Waals surface area contributed by atoms with Gasteiger partial charge >= 0.3 is 5.97 Å². The smallest absolute Gasteiger partial charge is 0.326 e. The highest BCUT2D eigenvalue weighted by molar-refractivity contribution is 5.83. The fourth-order valence-corrected chi connectivity index (χ4v) is 2.01. The second-order valence-electron chi connectivity index (χ2n) is 6.05. The molecule has 1 amide bonds. The quantitative estimate of drug-likeness (QED) is 0.738. The Morgan fingerprint density at radius 1 is 1.45 bits per heavy atom. The van der Waals surface area contributed by atoms with Crippen LogP contribution in [0.15, 0.2) is 0 Å². The van der Waals surface area contributed by atoms with Gasteiger partial charge in [-0.1, -0.05) is 0 Å². The zero-order valence-corrected chi connectivity index (χ0v) is 12.5. The minimum atomic E-state index is -1.04. The predicted octanol–water partition coefficient (Wildman–Crippen LogP) is 1.33. The number of rotatable bonds is 7. The van der Waals surface area contributed by atoms with E-state index in [0.29, 0.717) is 13.2 Å². The number of ether oxygens (including phenoxy) is 2. The first-order chi connectivity index (χ1) is 9.28. The van der Waals surface area contributed by atoms with E-state index in [4.69, 9.17) is 14.6 Å². The molecule has 1 rings (SSSR count). The van der Waals surface area contributed by atoms with Crippen LogP contribution >= 0.6 is 0 Å². The van der Waals surface area contributed by atoms with Crippen LogP contribution in [0, 0.1) is 0 Å². The number of nitrogens with one attached hydrogen (secondary N) is 1. The molecule has 1 saturated heterocycles. The summed E-state index contributed by atoms with van der Waals surface area (Å²) in [7, 11) is 0. The number of carbonyl (C=O) groups is 2. The fourth-order valence-electron chi connectivity index (χ4n) is 2.01. The van der Waals surface area contributed by atoms with Gasteiger partial charge in [0.1, 0.15) is 6.04 Å². The van der Waals surface area contributed by atoms with Crippen LogP contribution in [-0.4, -0.2) is 47.9 Å². The van der Waals surface area contributed by atoms with Gasteiger partial charge in [0.2, 0.25) is 5.91 Å². The molecule has 0 saturated carbocycles. The van der Waals surface area contributed by atoms with E-state index < -0.39 is 12.0 Å². The van der Waals surface area contributed by atoms with Gasteiger partial charge in [-0.15, -0.1) is 0 Å². The first-order valence-electron chi connectivity index (χ1n) is 7.05. The summed E-state index contributed by atoms with van der Waals surface area (Å²) in [4.78, 5) is 22.9. The molecule has 0 aromatic rings. The van der Waals surface area contributed by atoms with Crippen molar-refractivity contribution in [2.24, 2.45) is 0 Å². The Morgan fingerprint density at radius 2 is 2.15 bits per heavy atom. The number of carboxylic acid groups (broad SMARTS) is 1. The molecular weight excluding hydrogens is 262 g/mol. The molecule has 2 N–H and O–H groups in total. The standard InChI is InChI=1S/C14H25NO5/c1-14(2,3)20-8-6-11(13(17)18)15-12(16)9-10-5-4-7-19-10/h10-11H,4-9H2,1-3H3,(H,15,16)(H,17,18). The lowest BCUT2D eigenvalue weighted by molar-refractivity contribution is -0.143. The highest BCUT2D eigenvalue weighted by Crippen LogP contribution is 2.15. The topological polar surface area (TPSA) is 84.9 Å². The van der Waals surface area contributed by atoms with Crippen molar-refractivity contribution in [3.05, 3.63) is 0 Å². The van der Waals surface area contributed by atoms with Crippen LogP contribution in [0.1, 0.15) is 46.5 Å². The van der Waals surface area contributed by atoms with Crippen LogP contribution in [0.25, 0.3) is 0 Å². The van der Waals surface area contributed by atoms with Crippen LogP contribution in [0.3, 0.4) is 0 Å². The lowest BCUT2D eigenvalue weighted by Gasteiger charge is -2.21. The summed E-state index contributed by atoms with van der Waals surface area (Å²) < 4.78 is 10.8. The molecule has 1 heterocycles. The monoisotopic (exact) mass is 287 g/mol. The van der Waals surface area contributed by atoms with Crippen LogP contribution in [0.2, 0.25) is 0 Å². The molecule has 0 bridgehead atoms. The van der Waals surface area contributed by atoms with Crippen molar-refractivity contribution < 1.29 is 24.2 Å². The van der Waals surface area contributed by atoms with Gasteiger partial charge in [-0.3, -0.25) is 4.79 Å². The highest BCUT2D eigenvalue weighted by Gasteiger charge is 2.24. The molecule has 0 aromatic heterocycles. The Kier molecular flexibility index (Phi) is 6.42. The summed E-state index contributed by atoms with van der Waals surface area (Å²) in [6.07, 6.45) is 2.22. The van der Waals surface area contributed by atoms with E-state index in [0.717, 1.165) is 12.8 Å². The van der Waals surface area contributed by atoms with Crippen LogP contribution < -0.4 is 5.32 Å². The van der Waals surface area contributed by atoms with Gasteiger partial charge in [-0.25, -0.2) is 4.79 Å². The summed E-state index contributed by atoms with van der Waals surface area (Å²) in [5.41, 5.74) is -0.315. The van der Waals surface area contributed by atoms with E-state index in [-0.39, 0.29) is 30.5 Å². The molecule has 0 aliphatic carbocycles. The average molecular weight is 287 g/mol. The summed E-state index contributed by atoms with van der Waals surface area (Å²) >= 11 is 0. The van der Waals surface area contributed by atoms with Gasteiger partial charge in [0, 0.05) is 19.6 Å². The Balaban J connectivity index is 2.33. The molecule has 2 unspecified atom stereocenters. The van der Waals surface area contributed by atoms with Gasteiger partial charge in [-0.2, -0.15) is 0 Å². The number of hydrogen-bond acceptors (Lipinski definition) is 4. The van der Waals surface area contributed by atoms with Crippen LogP contribution in [0.5, 0.6) is 0 Å². The molecule has 2 atom stereocenters. The summed E-state index contributed by atoms with van der Waals surface area (Å²) in [5.74, 6) is -1.32. The zero-order chi connectivity index (χ0) is 15.2. The van der Waals surface area contributed by atoms with Gasteiger partial charge in [0.15, 0.2) is 0 Å². The minimum absolute atomic E-state index is 0.0738. The number of carboxylic acids is 1. The second-order valence-corrected chi connectivity index (χ2v) is 6.05. The lowest BCUT2D eigenvalue weighted by atomic mass is 10.1. The van der Waals surface area contributed by atoms with E-state index in [9.17, 15) is 9.59 Å². The third-order valence-electron chi connectivity index (χ3n) is 3.01. The SMILES string of the molecule is CC(C)(C)OCCC(NC(=O)CC1CCCO1)C(=O)O. The zero-order valence-electron chi connectivity index (χ0n) is 12.5. The predicted molar refractivity (Wildman–Crippen MR) is 73.5 cm³/mol. The summed E-state index contributed by atoms with van der Waals surface area (Å²) in [6, 6.07) is -0.911. The fraction of sp³-hybridized carbons (Fsp3) is 0.857. The van der Waals surface area contributed by atoms with Crippen molar-refractivity contribution >= 4 is 11.9 Å². The minimum Gasteiger partial charge on any atom is -0.480 e. The van der Waals surface area contributed by atoms with E-state index in [1.54, 1.807) is 0 Å². The van der Waals surface area contributed by atoms with E-state index in [1.165, 1.54) is 0 Å². The molecule has 0 spiro atoms. The first-order valence-corrected chi connectivity index (χ1v) is 7.05. The third-order valence-corrected chi connectivity index (χ3v) is 3.01. The van der Waals surface area contributed by atoms with Gasteiger partial charge in [0.05, 0.1) is 18.1 Å². The molecule has 1 aliphatic heterocycles. The number of aliphatic carboxylic acids is 1. The number of carbonyl (C=O) groups excluding carboxylic acids is 1. The van der Waals surface area contributed by atoms with Crippen LogP contribution in [-0.2, 0) is 19.1 Å². The first kappa shape index (κ1) is 16.9. The molecule has 6 nitrogen and oxygen atoms in total. The third kappa shape index (κ3) is 6.86. The Labute approximate surface area is 119 Å². The van der Waals surface area contributed by atoms with Gasteiger partial charge in [0.25, 0.3) is 0 Å².